The standard InChI is InChI=1S/C27H23F3N2O/c1-31-16-18-5-14-25-22(15-18)3-2-4-23(25)17-32-26(33)21-8-6-19(7-9-21)20-10-12-24(13-11-20)27(28,29)30/h2-15,31H,16-17H2,1H3,(H,32,33). The van der Waals surface area contributed by atoms with E-state index in [2.05, 4.69) is 34.9 Å². The minimum atomic E-state index is -4.36. The second-order valence-electron chi connectivity index (χ2n) is 7.84. The molecule has 0 aliphatic rings. The number of hydrogen-bond donors (Lipinski definition) is 2. The van der Waals surface area contributed by atoms with Crippen molar-refractivity contribution in [3.05, 3.63) is 107 Å². The molecular weight excluding hydrogens is 425 g/mol. The number of fused-ring (bicyclic) bond motifs is 1. The van der Waals surface area contributed by atoms with E-state index in [0.29, 0.717) is 17.7 Å². The summed E-state index contributed by atoms with van der Waals surface area (Å²) in [4.78, 5) is 12.7. The van der Waals surface area contributed by atoms with Crippen LogP contribution in [0.2, 0.25) is 0 Å². The van der Waals surface area contributed by atoms with Gasteiger partial charge in [-0.25, -0.2) is 0 Å². The maximum absolute atomic E-state index is 12.7. The quantitative estimate of drug-likeness (QED) is 0.370. The van der Waals surface area contributed by atoms with Crippen LogP contribution in [-0.4, -0.2) is 13.0 Å². The van der Waals surface area contributed by atoms with E-state index in [1.54, 1.807) is 24.3 Å². The van der Waals surface area contributed by atoms with Crippen molar-refractivity contribution in [2.45, 2.75) is 19.3 Å². The van der Waals surface area contributed by atoms with Crippen molar-refractivity contribution in [2.24, 2.45) is 0 Å². The highest BCUT2D eigenvalue weighted by molar-refractivity contribution is 5.95. The Morgan fingerprint density at radius 2 is 1.48 bits per heavy atom. The average Bonchev–Trinajstić information content (AvgIpc) is 2.82. The lowest BCUT2D eigenvalue weighted by Gasteiger charge is -2.11. The van der Waals surface area contributed by atoms with Gasteiger partial charge in [0.15, 0.2) is 0 Å². The molecule has 0 fully saturated rings. The van der Waals surface area contributed by atoms with Gasteiger partial charge in [0.1, 0.15) is 0 Å². The number of carbonyl (C=O) groups is 1. The van der Waals surface area contributed by atoms with E-state index in [1.807, 2.05) is 19.2 Å². The van der Waals surface area contributed by atoms with Crippen molar-refractivity contribution in [1.29, 1.82) is 0 Å². The average molecular weight is 448 g/mol. The molecule has 0 radical (unpaired) electrons. The molecule has 3 nitrogen and oxygen atoms in total. The van der Waals surface area contributed by atoms with Crippen molar-refractivity contribution >= 4 is 16.7 Å². The number of amides is 1. The Bertz CT molecular complexity index is 1260. The number of nitrogens with one attached hydrogen (secondary N) is 2. The van der Waals surface area contributed by atoms with Gasteiger partial charge in [0, 0.05) is 18.7 Å². The topological polar surface area (TPSA) is 41.1 Å². The fraction of sp³-hybridized carbons (Fsp3) is 0.148. The van der Waals surface area contributed by atoms with Crippen LogP contribution in [0.3, 0.4) is 0 Å². The van der Waals surface area contributed by atoms with Crippen LogP contribution in [0.25, 0.3) is 21.9 Å². The molecule has 0 atom stereocenters. The Morgan fingerprint density at radius 3 is 2.12 bits per heavy atom. The molecule has 6 heteroatoms. The third kappa shape index (κ3) is 5.23. The van der Waals surface area contributed by atoms with Crippen molar-refractivity contribution in [3.8, 4) is 11.1 Å². The Balaban J connectivity index is 1.44. The molecule has 2 N–H and O–H groups in total. The second kappa shape index (κ2) is 9.46. The molecule has 0 heterocycles. The first-order chi connectivity index (χ1) is 15.8. The van der Waals surface area contributed by atoms with Crippen molar-refractivity contribution in [2.75, 3.05) is 7.05 Å². The van der Waals surface area contributed by atoms with Gasteiger partial charge in [0.05, 0.1) is 5.56 Å². The predicted octanol–water partition coefficient (Wildman–Crippen LogP) is 6.18. The normalized spacial score (nSPS) is 11.5. The minimum absolute atomic E-state index is 0.210. The molecule has 0 aromatic heterocycles. The lowest BCUT2D eigenvalue weighted by atomic mass is 10.0. The summed E-state index contributed by atoms with van der Waals surface area (Å²) in [7, 11) is 1.91. The Morgan fingerprint density at radius 1 is 0.818 bits per heavy atom. The van der Waals surface area contributed by atoms with Gasteiger partial charge in [-0.05, 0) is 70.4 Å². The van der Waals surface area contributed by atoms with Gasteiger partial charge in [-0.2, -0.15) is 13.2 Å². The van der Waals surface area contributed by atoms with Gasteiger partial charge in [0.25, 0.3) is 5.91 Å². The zero-order valence-corrected chi connectivity index (χ0v) is 18.0. The summed E-state index contributed by atoms with van der Waals surface area (Å²) in [6.07, 6.45) is -4.36. The Hall–Kier alpha value is -3.64. The number of alkyl halides is 3. The van der Waals surface area contributed by atoms with Crippen LogP contribution < -0.4 is 10.6 Å². The molecule has 0 spiro atoms. The summed E-state index contributed by atoms with van der Waals surface area (Å²) < 4.78 is 38.2. The molecule has 168 valence electrons. The first-order valence-electron chi connectivity index (χ1n) is 10.6. The molecule has 0 aliphatic heterocycles. The van der Waals surface area contributed by atoms with Crippen LogP contribution in [0.5, 0.6) is 0 Å². The molecule has 4 aromatic rings. The molecular formula is C27H23F3N2O. The third-order valence-electron chi connectivity index (χ3n) is 5.55. The highest BCUT2D eigenvalue weighted by atomic mass is 19.4. The third-order valence-corrected chi connectivity index (χ3v) is 5.55. The van der Waals surface area contributed by atoms with E-state index < -0.39 is 11.7 Å². The summed E-state index contributed by atoms with van der Waals surface area (Å²) in [6, 6.07) is 24.1. The van der Waals surface area contributed by atoms with Crippen LogP contribution in [0.4, 0.5) is 13.2 Å². The number of carbonyl (C=O) groups excluding carboxylic acids is 1. The molecule has 0 aliphatic carbocycles. The summed E-state index contributed by atoms with van der Waals surface area (Å²) >= 11 is 0. The van der Waals surface area contributed by atoms with E-state index in [9.17, 15) is 18.0 Å². The van der Waals surface area contributed by atoms with Crippen molar-refractivity contribution in [1.82, 2.24) is 10.6 Å². The number of hydrogen-bond acceptors (Lipinski definition) is 2. The van der Waals surface area contributed by atoms with Crippen molar-refractivity contribution in [3.63, 3.8) is 0 Å². The van der Waals surface area contributed by atoms with Crippen LogP contribution >= 0.6 is 0 Å². The highest BCUT2D eigenvalue weighted by Gasteiger charge is 2.29. The summed E-state index contributed by atoms with van der Waals surface area (Å²) in [5, 5.41) is 8.31. The van der Waals surface area contributed by atoms with Crippen LogP contribution in [0.15, 0.2) is 84.9 Å². The molecule has 0 saturated heterocycles. The lowest BCUT2D eigenvalue weighted by molar-refractivity contribution is -0.137. The first-order valence-corrected chi connectivity index (χ1v) is 10.6. The molecule has 33 heavy (non-hydrogen) atoms. The molecule has 0 unspecified atom stereocenters. The molecule has 1 amide bonds. The molecule has 0 saturated carbocycles. The summed E-state index contributed by atoms with van der Waals surface area (Å²) in [5.41, 5.74) is 3.42. The molecule has 0 bridgehead atoms. The van der Waals surface area contributed by atoms with E-state index in [4.69, 9.17) is 0 Å². The van der Waals surface area contributed by atoms with Crippen molar-refractivity contribution < 1.29 is 18.0 Å². The van der Waals surface area contributed by atoms with Gasteiger partial charge < -0.3 is 10.6 Å². The lowest BCUT2D eigenvalue weighted by Crippen LogP contribution is -2.22. The molecule has 4 aromatic carbocycles. The van der Waals surface area contributed by atoms with Crippen LogP contribution in [0, 0.1) is 0 Å². The summed E-state index contributed by atoms with van der Waals surface area (Å²) in [6.45, 7) is 1.18. The smallest absolute Gasteiger partial charge is 0.348 e. The van der Waals surface area contributed by atoms with Gasteiger partial charge in [-0.1, -0.05) is 54.6 Å². The largest absolute Gasteiger partial charge is 0.416 e. The predicted molar refractivity (Wildman–Crippen MR) is 125 cm³/mol. The van der Waals surface area contributed by atoms with Crippen LogP contribution in [0.1, 0.15) is 27.0 Å². The van der Waals surface area contributed by atoms with Crippen LogP contribution in [-0.2, 0) is 19.3 Å². The minimum Gasteiger partial charge on any atom is -0.348 e. The van der Waals surface area contributed by atoms with Gasteiger partial charge in [-0.15, -0.1) is 0 Å². The molecule has 4 rings (SSSR count). The fourth-order valence-electron chi connectivity index (χ4n) is 3.81. The number of rotatable bonds is 6. The maximum Gasteiger partial charge on any atom is 0.416 e. The zero-order chi connectivity index (χ0) is 23.4. The van der Waals surface area contributed by atoms with E-state index in [0.717, 1.165) is 40.6 Å². The van der Waals surface area contributed by atoms with E-state index in [1.165, 1.54) is 17.7 Å². The van der Waals surface area contributed by atoms with E-state index in [-0.39, 0.29) is 5.91 Å². The SMILES string of the molecule is CNCc1ccc2c(CNC(=O)c3ccc(-c4ccc(C(F)(F)F)cc4)cc3)cccc2c1. The number of benzene rings is 4. The number of halogens is 3. The zero-order valence-electron chi connectivity index (χ0n) is 18.0. The first kappa shape index (κ1) is 22.6. The highest BCUT2D eigenvalue weighted by Crippen LogP contribution is 2.31. The fourth-order valence-corrected chi connectivity index (χ4v) is 3.81. The summed E-state index contributed by atoms with van der Waals surface area (Å²) in [5.74, 6) is -0.210. The van der Waals surface area contributed by atoms with E-state index >= 15 is 0 Å². The van der Waals surface area contributed by atoms with Gasteiger partial charge >= 0.3 is 6.18 Å². The Kier molecular flexibility index (Phi) is 6.47. The monoisotopic (exact) mass is 448 g/mol. The second-order valence-corrected chi connectivity index (χ2v) is 7.84. The Labute approximate surface area is 190 Å². The van der Waals surface area contributed by atoms with Gasteiger partial charge in [0.2, 0.25) is 0 Å². The van der Waals surface area contributed by atoms with Gasteiger partial charge in [-0.3, -0.25) is 4.79 Å². The maximum atomic E-state index is 12.7.